The van der Waals surface area contributed by atoms with Gasteiger partial charge in [-0.3, -0.25) is 0 Å². The molecule has 1 rings (SSSR count). The van der Waals surface area contributed by atoms with Crippen LogP contribution < -0.4 is 0 Å². The Kier molecular flexibility index (Phi) is 1.61. The molecule has 0 aliphatic carbocycles. The third-order valence-electron chi connectivity index (χ3n) is 1.34. The van der Waals surface area contributed by atoms with Crippen LogP contribution >= 0.6 is 0 Å². The molecule has 0 aromatic carbocycles. The predicted molar refractivity (Wildman–Crippen MR) is 38.6 cm³/mol. The molecule has 0 N–H and O–H groups in total. The average molecular weight is 152 g/mol. The maximum absolute atomic E-state index is 10.6. The molecule has 0 spiro atoms. The van der Waals surface area contributed by atoms with Crippen LogP contribution in [0.1, 0.15) is 13.8 Å². The van der Waals surface area contributed by atoms with E-state index in [-0.39, 0.29) is 0 Å². The average Bonchev–Trinajstić information content (AvgIpc) is 2.07. The molecule has 3 nitrogen and oxygen atoms in total. The van der Waals surface area contributed by atoms with E-state index in [1.165, 1.54) is 6.08 Å². The van der Waals surface area contributed by atoms with Gasteiger partial charge in [0.1, 0.15) is 0 Å². The van der Waals surface area contributed by atoms with Crippen molar-refractivity contribution in [2.24, 2.45) is 0 Å². The van der Waals surface area contributed by atoms with Crippen LogP contribution in [0.4, 0.5) is 4.79 Å². The molecule has 1 saturated heterocycles. The molecule has 1 fully saturated rings. The number of terminal acetylenes is 1. The molecule has 0 amide bonds. The first-order valence-electron chi connectivity index (χ1n) is 3.14. The van der Waals surface area contributed by atoms with Gasteiger partial charge in [-0.05, 0) is 13.8 Å². The molecule has 0 saturated carbocycles. The van der Waals surface area contributed by atoms with Gasteiger partial charge in [-0.1, -0.05) is 5.92 Å². The van der Waals surface area contributed by atoms with Gasteiger partial charge in [-0.15, -0.1) is 6.42 Å². The van der Waals surface area contributed by atoms with Crippen LogP contribution in [-0.4, -0.2) is 11.8 Å². The van der Waals surface area contributed by atoms with Crippen molar-refractivity contribution in [3.63, 3.8) is 0 Å². The first kappa shape index (κ1) is 7.67. The highest BCUT2D eigenvalue weighted by atomic mass is 16.8. The Hall–Kier alpha value is -1.43. The van der Waals surface area contributed by atoms with Crippen LogP contribution in [0.15, 0.2) is 11.8 Å². The van der Waals surface area contributed by atoms with Gasteiger partial charge in [0.25, 0.3) is 0 Å². The SMILES string of the molecule is C#C/C=C1\OC(=O)OC1(C)C. The van der Waals surface area contributed by atoms with Crippen LogP contribution in [0.3, 0.4) is 0 Å². The second-order valence-electron chi connectivity index (χ2n) is 2.64. The van der Waals surface area contributed by atoms with E-state index >= 15 is 0 Å². The minimum Gasteiger partial charge on any atom is -0.420 e. The third kappa shape index (κ3) is 1.35. The number of carbonyl (C=O) groups is 1. The van der Waals surface area contributed by atoms with E-state index in [4.69, 9.17) is 11.2 Å². The van der Waals surface area contributed by atoms with E-state index in [0.29, 0.717) is 5.76 Å². The Labute approximate surface area is 65.0 Å². The maximum atomic E-state index is 10.6. The number of carbonyl (C=O) groups excluding carboxylic acids is 1. The molecule has 1 heterocycles. The summed E-state index contributed by atoms with van der Waals surface area (Å²) in [5.74, 6) is 2.65. The molecule has 58 valence electrons. The smallest absolute Gasteiger partial charge is 0.420 e. The van der Waals surface area contributed by atoms with Crippen molar-refractivity contribution < 1.29 is 14.3 Å². The monoisotopic (exact) mass is 152 g/mol. The van der Waals surface area contributed by atoms with Crippen LogP contribution in [0.2, 0.25) is 0 Å². The van der Waals surface area contributed by atoms with Gasteiger partial charge in [0.15, 0.2) is 11.4 Å². The summed E-state index contributed by atoms with van der Waals surface area (Å²) in [4.78, 5) is 10.6. The minimum absolute atomic E-state index is 0.380. The van der Waals surface area contributed by atoms with E-state index in [0.717, 1.165) is 0 Å². The zero-order chi connectivity index (χ0) is 8.48. The molecule has 3 heteroatoms. The molecule has 0 atom stereocenters. The summed E-state index contributed by atoms with van der Waals surface area (Å²) in [6, 6.07) is 0. The number of cyclic esters (lactones) is 2. The first-order chi connectivity index (χ1) is 5.06. The van der Waals surface area contributed by atoms with Gasteiger partial charge >= 0.3 is 6.16 Å². The highest BCUT2D eigenvalue weighted by Crippen LogP contribution is 2.29. The topological polar surface area (TPSA) is 35.5 Å². The molecule has 11 heavy (non-hydrogen) atoms. The highest BCUT2D eigenvalue weighted by Gasteiger charge is 2.38. The predicted octanol–water partition coefficient (Wildman–Crippen LogP) is 1.45. The van der Waals surface area contributed by atoms with Crippen molar-refractivity contribution in [1.29, 1.82) is 0 Å². The fourth-order valence-electron chi connectivity index (χ4n) is 0.771. The summed E-state index contributed by atoms with van der Waals surface area (Å²) >= 11 is 0. The van der Waals surface area contributed by atoms with Gasteiger partial charge in [0.05, 0.1) is 0 Å². The van der Waals surface area contributed by atoms with Gasteiger partial charge in [-0.25, -0.2) is 4.79 Å². The second kappa shape index (κ2) is 2.31. The zero-order valence-electron chi connectivity index (χ0n) is 6.38. The largest absolute Gasteiger partial charge is 0.514 e. The van der Waals surface area contributed by atoms with Gasteiger partial charge < -0.3 is 9.47 Å². The standard InChI is InChI=1S/C8H8O3/c1-4-5-6-8(2,3)11-7(9)10-6/h1,5H,2-3H3/b6-5-. The van der Waals surface area contributed by atoms with Crippen molar-refractivity contribution in [1.82, 2.24) is 0 Å². The Bertz CT molecular complexity index is 255. The highest BCUT2D eigenvalue weighted by molar-refractivity contribution is 5.66. The molecule has 0 bridgehead atoms. The molecule has 0 unspecified atom stereocenters. The van der Waals surface area contributed by atoms with Crippen molar-refractivity contribution in [3.8, 4) is 12.3 Å². The van der Waals surface area contributed by atoms with E-state index in [1.807, 2.05) is 0 Å². The number of hydrogen-bond acceptors (Lipinski definition) is 3. The Morgan fingerprint density at radius 3 is 2.64 bits per heavy atom. The van der Waals surface area contributed by atoms with Crippen LogP contribution in [0, 0.1) is 12.3 Å². The van der Waals surface area contributed by atoms with Gasteiger partial charge in [0, 0.05) is 6.08 Å². The summed E-state index contributed by atoms with van der Waals surface area (Å²) in [5.41, 5.74) is -0.719. The molecule has 0 radical (unpaired) electrons. The van der Waals surface area contributed by atoms with E-state index in [1.54, 1.807) is 13.8 Å². The minimum atomic E-state index is -0.719. The zero-order valence-corrected chi connectivity index (χ0v) is 6.38. The normalized spacial score (nSPS) is 24.1. The Morgan fingerprint density at radius 1 is 1.64 bits per heavy atom. The first-order valence-corrected chi connectivity index (χ1v) is 3.14. The lowest BCUT2D eigenvalue weighted by Gasteiger charge is -2.12. The summed E-state index contributed by atoms with van der Waals surface area (Å²) in [7, 11) is 0. The lowest BCUT2D eigenvalue weighted by atomic mass is 10.1. The van der Waals surface area contributed by atoms with E-state index in [9.17, 15) is 4.79 Å². The quantitative estimate of drug-likeness (QED) is 0.389. The summed E-state index contributed by atoms with van der Waals surface area (Å²) < 4.78 is 9.46. The number of rotatable bonds is 0. The van der Waals surface area contributed by atoms with E-state index in [2.05, 4.69) is 10.7 Å². The Balaban J connectivity index is 2.93. The lowest BCUT2D eigenvalue weighted by Crippen LogP contribution is -2.20. The van der Waals surface area contributed by atoms with Crippen molar-refractivity contribution in [3.05, 3.63) is 11.8 Å². The summed E-state index contributed by atoms with van der Waals surface area (Å²) in [6.45, 7) is 3.42. The third-order valence-corrected chi connectivity index (χ3v) is 1.34. The second-order valence-corrected chi connectivity index (χ2v) is 2.64. The summed E-state index contributed by atoms with van der Waals surface area (Å²) in [5, 5.41) is 0. The van der Waals surface area contributed by atoms with Crippen LogP contribution in [-0.2, 0) is 9.47 Å². The molecule has 1 aliphatic heterocycles. The molecule has 0 aromatic heterocycles. The van der Waals surface area contributed by atoms with Crippen LogP contribution in [0.25, 0.3) is 0 Å². The van der Waals surface area contributed by atoms with Crippen molar-refractivity contribution in [2.75, 3.05) is 0 Å². The lowest BCUT2D eigenvalue weighted by molar-refractivity contribution is 0.0872. The van der Waals surface area contributed by atoms with Gasteiger partial charge in [-0.2, -0.15) is 0 Å². The summed E-state index contributed by atoms with van der Waals surface area (Å²) in [6.07, 6.45) is 5.68. The van der Waals surface area contributed by atoms with Gasteiger partial charge in [0.2, 0.25) is 0 Å². The molecular formula is C8H8O3. The van der Waals surface area contributed by atoms with Crippen molar-refractivity contribution >= 4 is 6.16 Å². The number of ether oxygens (including phenoxy) is 2. The number of hydrogen-bond donors (Lipinski definition) is 0. The maximum Gasteiger partial charge on any atom is 0.514 e. The molecule has 0 aromatic rings. The fourth-order valence-corrected chi connectivity index (χ4v) is 0.771. The molecule has 1 aliphatic rings. The van der Waals surface area contributed by atoms with E-state index < -0.39 is 11.8 Å². The van der Waals surface area contributed by atoms with Crippen molar-refractivity contribution in [2.45, 2.75) is 19.4 Å². The number of allylic oxidation sites excluding steroid dienone is 1. The van der Waals surface area contributed by atoms with Crippen LogP contribution in [0.5, 0.6) is 0 Å². The fraction of sp³-hybridized carbons (Fsp3) is 0.375. The molecular weight excluding hydrogens is 144 g/mol. The Morgan fingerprint density at radius 2 is 2.27 bits per heavy atom.